The van der Waals surface area contributed by atoms with Crippen LogP contribution in [0.2, 0.25) is 0 Å². The summed E-state index contributed by atoms with van der Waals surface area (Å²) in [6.07, 6.45) is 3.82. The molecule has 1 amide bonds. The number of piperazine rings is 1. The number of hydrogen-bond acceptors (Lipinski definition) is 7. The predicted octanol–water partition coefficient (Wildman–Crippen LogP) is 1.72. The minimum Gasteiger partial charge on any atom is -0.353 e. The minimum absolute atomic E-state index is 0.0123. The summed E-state index contributed by atoms with van der Waals surface area (Å²) in [6.45, 7) is 5.65. The van der Waals surface area contributed by atoms with E-state index in [0.717, 1.165) is 43.0 Å². The molecule has 1 saturated heterocycles. The van der Waals surface area contributed by atoms with E-state index in [1.807, 2.05) is 13.2 Å². The molecule has 2 aromatic heterocycles. The lowest BCUT2D eigenvalue weighted by Gasteiger charge is -2.35. The topological polar surface area (TPSA) is 96.2 Å². The third-order valence-electron chi connectivity index (χ3n) is 5.41. The van der Waals surface area contributed by atoms with E-state index < -0.39 is 0 Å². The SMILES string of the molecule is CC(=O)c1ccc(NC(=O)CCN2CCN(c3ncnc4c3cnn4C)CC2)cc1. The van der Waals surface area contributed by atoms with Crippen LogP contribution in [-0.4, -0.2) is 69.1 Å². The Morgan fingerprint density at radius 2 is 1.80 bits per heavy atom. The summed E-state index contributed by atoms with van der Waals surface area (Å²) in [5.74, 6) is 0.901. The van der Waals surface area contributed by atoms with Crippen molar-refractivity contribution in [3.63, 3.8) is 0 Å². The Hall–Kier alpha value is -3.33. The molecule has 3 aromatic rings. The fourth-order valence-electron chi connectivity index (χ4n) is 3.66. The van der Waals surface area contributed by atoms with E-state index >= 15 is 0 Å². The molecular formula is C21H25N7O2. The van der Waals surface area contributed by atoms with E-state index in [0.29, 0.717) is 24.2 Å². The van der Waals surface area contributed by atoms with E-state index in [-0.39, 0.29) is 11.7 Å². The number of aromatic nitrogens is 4. The number of anilines is 2. The molecule has 0 aliphatic carbocycles. The highest BCUT2D eigenvalue weighted by atomic mass is 16.1. The number of fused-ring (bicyclic) bond motifs is 1. The van der Waals surface area contributed by atoms with Gasteiger partial charge in [-0.15, -0.1) is 0 Å². The number of amides is 1. The number of benzene rings is 1. The van der Waals surface area contributed by atoms with Crippen molar-refractivity contribution < 1.29 is 9.59 Å². The number of carbonyl (C=O) groups excluding carboxylic acids is 2. The van der Waals surface area contributed by atoms with Crippen LogP contribution >= 0.6 is 0 Å². The highest BCUT2D eigenvalue weighted by Crippen LogP contribution is 2.23. The summed E-state index contributed by atoms with van der Waals surface area (Å²) in [5, 5.41) is 8.13. The van der Waals surface area contributed by atoms with Crippen LogP contribution in [0, 0.1) is 0 Å². The van der Waals surface area contributed by atoms with Crippen LogP contribution in [0.3, 0.4) is 0 Å². The zero-order chi connectivity index (χ0) is 21.1. The van der Waals surface area contributed by atoms with E-state index in [2.05, 4.69) is 30.2 Å². The van der Waals surface area contributed by atoms with Crippen molar-refractivity contribution in [2.24, 2.45) is 7.05 Å². The fourth-order valence-corrected chi connectivity index (χ4v) is 3.66. The maximum absolute atomic E-state index is 12.3. The number of nitrogens with one attached hydrogen (secondary N) is 1. The molecule has 0 spiro atoms. The molecule has 0 saturated carbocycles. The van der Waals surface area contributed by atoms with Crippen molar-refractivity contribution in [1.82, 2.24) is 24.6 Å². The molecule has 1 aliphatic heterocycles. The van der Waals surface area contributed by atoms with E-state index in [4.69, 9.17) is 0 Å². The molecule has 30 heavy (non-hydrogen) atoms. The maximum Gasteiger partial charge on any atom is 0.225 e. The molecule has 9 nitrogen and oxygen atoms in total. The van der Waals surface area contributed by atoms with Gasteiger partial charge in [-0.2, -0.15) is 5.10 Å². The van der Waals surface area contributed by atoms with Crippen LogP contribution < -0.4 is 10.2 Å². The molecule has 1 N–H and O–H groups in total. The highest BCUT2D eigenvalue weighted by molar-refractivity contribution is 5.95. The third kappa shape index (κ3) is 4.30. The van der Waals surface area contributed by atoms with Crippen molar-refractivity contribution in [2.75, 3.05) is 42.9 Å². The van der Waals surface area contributed by atoms with Gasteiger partial charge in [-0.05, 0) is 31.2 Å². The van der Waals surface area contributed by atoms with Crippen LogP contribution in [0.5, 0.6) is 0 Å². The first-order valence-corrected chi connectivity index (χ1v) is 10.0. The number of carbonyl (C=O) groups is 2. The Kier molecular flexibility index (Phi) is 5.71. The number of Topliss-reactive ketones (excluding diaryl/α,β-unsaturated/α-hetero) is 1. The molecule has 0 radical (unpaired) electrons. The lowest BCUT2D eigenvalue weighted by atomic mass is 10.1. The van der Waals surface area contributed by atoms with Crippen LogP contribution in [0.15, 0.2) is 36.8 Å². The molecular weight excluding hydrogens is 382 g/mol. The van der Waals surface area contributed by atoms with Crippen molar-refractivity contribution in [2.45, 2.75) is 13.3 Å². The molecule has 1 aromatic carbocycles. The quantitative estimate of drug-likeness (QED) is 0.622. The molecule has 0 unspecified atom stereocenters. The third-order valence-corrected chi connectivity index (χ3v) is 5.41. The fraction of sp³-hybridized carbons (Fsp3) is 0.381. The van der Waals surface area contributed by atoms with Crippen LogP contribution in [-0.2, 0) is 11.8 Å². The van der Waals surface area contributed by atoms with Gasteiger partial charge in [-0.3, -0.25) is 19.2 Å². The van der Waals surface area contributed by atoms with Crippen LogP contribution in [0.25, 0.3) is 11.0 Å². The first-order valence-electron chi connectivity index (χ1n) is 10.0. The number of hydrogen-bond donors (Lipinski definition) is 1. The van der Waals surface area contributed by atoms with Gasteiger partial charge in [0, 0.05) is 57.4 Å². The van der Waals surface area contributed by atoms with Gasteiger partial charge in [0.25, 0.3) is 0 Å². The Balaban J connectivity index is 1.26. The van der Waals surface area contributed by atoms with Gasteiger partial charge in [0.05, 0.1) is 11.6 Å². The van der Waals surface area contributed by atoms with Crippen molar-refractivity contribution in [3.8, 4) is 0 Å². The van der Waals surface area contributed by atoms with Crippen molar-refractivity contribution in [3.05, 3.63) is 42.4 Å². The molecule has 1 fully saturated rings. The summed E-state index contributed by atoms with van der Waals surface area (Å²) < 4.78 is 1.75. The number of nitrogens with zero attached hydrogens (tertiary/aromatic N) is 6. The van der Waals surface area contributed by atoms with Gasteiger partial charge in [0.15, 0.2) is 11.4 Å². The number of ketones is 1. The van der Waals surface area contributed by atoms with Gasteiger partial charge in [-0.25, -0.2) is 9.97 Å². The van der Waals surface area contributed by atoms with Crippen LogP contribution in [0.1, 0.15) is 23.7 Å². The molecule has 4 rings (SSSR count). The summed E-state index contributed by atoms with van der Waals surface area (Å²) in [7, 11) is 1.87. The smallest absolute Gasteiger partial charge is 0.225 e. The van der Waals surface area contributed by atoms with Crippen molar-refractivity contribution in [1.29, 1.82) is 0 Å². The standard InChI is InChI=1S/C21H25N7O2/c1-15(29)16-3-5-17(6-4-16)25-19(30)7-8-27-9-11-28(12-10-27)21-18-13-24-26(2)20(18)22-14-23-21/h3-6,13-14H,7-12H2,1-2H3,(H,25,30). The summed E-state index contributed by atoms with van der Waals surface area (Å²) in [5.41, 5.74) is 2.17. The second-order valence-electron chi connectivity index (χ2n) is 7.46. The lowest BCUT2D eigenvalue weighted by Crippen LogP contribution is -2.47. The van der Waals surface area contributed by atoms with E-state index in [1.54, 1.807) is 35.3 Å². The second kappa shape index (κ2) is 8.58. The van der Waals surface area contributed by atoms with E-state index in [9.17, 15) is 9.59 Å². The maximum atomic E-state index is 12.3. The van der Waals surface area contributed by atoms with Crippen molar-refractivity contribution >= 4 is 34.2 Å². The lowest BCUT2D eigenvalue weighted by molar-refractivity contribution is -0.116. The molecule has 3 heterocycles. The van der Waals surface area contributed by atoms with Gasteiger partial charge in [0.2, 0.25) is 5.91 Å². The monoisotopic (exact) mass is 407 g/mol. The number of aryl methyl sites for hydroxylation is 1. The normalized spacial score (nSPS) is 14.8. The highest BCUT2D eigenvalue weighted by Gasteiger charge is 2.21. The van der Waals surface area contributed by atoms with Gasteiger partial charge < -0.3 is 10.2 Å². The first-order chi connectivity index (χ1) is 14.5. The molecule has 1 aliphatic rings. The first kappa shape index (κ1) is 20.0. The molecule has 9 heteroatoms. The Labute approximate surface area is 174 Å². The Morgan fingerprint density at radius 1 is 1.07 bits per heavy atom. The van der Waals surface area contributed by atoms with Gasteiger partial charge >= 0.3 is 0 Å². The number of rotatable bonds is 6. The molecule has 156 valence electrons. The summed E-state index contributed by atoms with van der Waals surface area (Å²) >= 11 is 0. The van der Waals surface area contributed by atoms with Gasteiger partial charge in [0.1, 0.15) is 12.1 Å². The van der Waals surface area contributed by atoms with Gasteiger partial charge in [-0.1, -0.05) is 0 Å². The second-order valence-corrected chi connectivity index (χ2v) is 7.46. The summed E-state index contributed by atoms with van der Waals surface area (Å²) in [6, 6.07) is 6.97. The summed E-state index contributed by atoms with van der Waals surface area (Å²) in [4.78, 5) is 36.9. The average Bonchev–Trinajstić information content (AvgIpc) is 3.14. The average molecular weight is 407 g/mol. The minimum atomic E-state index is -0.0270. The molecule has 0 atom stereocenters. The Bertz CT molecular complexity index is 1050. The predicted molar refractivity (Wildman–Crippen MR) is 115 cm³/mol. The van der Waals surface area contributed by atoms with Crippen LogP contribution in [0.4, 0.5) is 11.5 Å². The Morgan fingerprint density at radius 3 is 2.50 bits per heavy atom. The largest absolute Gasteiger partial charge is 0.353 e. The van der Waals surface area contributed by atoms with E-state index in [1.165, 1.54) is 6.92 Å². The molecule has 0 bridgehead atoms. The zero-order valence-electron chi connectivity index (χ0n) is 17.2. The zero-order valence-corrected chi connectivity index (χ0v) is 17.2.